The summed E-state index contributed by atoms with van der Waals surface area (Å²) in [4.78, 5) is 10.3. The fourth-order valence-corrected chi connectivity index (χ4v) is 1.20. The van der Waals surface area contributed by atoms with E-state index in [1.165, 1.54) is 0 Å². The molecule has 0 N–H and O–H groups in total. The number of benzene rings is 1. The minimum Gasteiger partial charge on any atom is -0.550 e. The lowest BCUT2D eigenvalue weighted by atomic mass is 10.2. The highest BCUT2D eigenvalue weighted by Crippen LogP contribution is 2.17. The van der Waals surface area contributed by atoms with Gasteiger partial charge in [-0.25, -0.2) is 0 Å². The van der Waals surface area contributed by atoms with Gasteiger partial charge in [0.25, 0.3) is 0 Å². The third-order valence-corrected chi connectivity index (χ3v) is 1.76. The summed E-state index contributed by atoms with van der Waals surface area (Å²) in [6.45, 7) is 0. The van der Waals surface area contributed by atoms with Crippen LogP contribution in [0.4, 0.5) is 0 Å². The number of aliphatic carboxylic acids is 1. The van der Waals surface area contributed by atoms with E-state index < -0.39 is 5.97 Å². The number of carboxylic acids is 1. The summed E-state index contributed by atoms with van der Waals surface area (Å²) in [5.74, 6) is -0.822. The molecule has 0 amide bonds. The van der Waals surface area contributed by atoms with Crippen molar-refractivity contribution in [3.63, 3.8) is 0 Å². The maximum Gasteiger partial charge on any atom is 0.150 e. The summed E-state index contributed by atoms with van der Waals surface area (Å²) in [6, 6.07) is 7.15. The molecule has 4 heteroatoms. The Balaban J connectivity index is 2.51. The molecule has 0 fully saturated rings. The van der Waals surface area contributed by atoms with Crippen molar-refractivity contribution in [1.29, 1.82) is 0 Å². The largest absolute Gasteiger partial charge is 0.550 e. The minimum atomic E-state index is -1.16. The second kappa shape index (κ2) is 2.90. The lowest BCUT2D eigenvalue weighted by Gasteiger charge is -1.96. The highest BCUT2D eigenvalue weighted by atomic mass is 16.5. The van der Waals surface area contributed by atoms with Crippen LogP contribution in [0.3, 0.4) is 0 Å². The molecular weight excluding hydrogens is 170 g/mol. The topological polar surface area (TPSA) is 66.2 Å². The Bertz CT molecular complexity index is 447. The number of carbonyl (C=O) groups excluding carboxylic acids is 1. The van der Waals surface area contributed by atoms with E-state index >= 15 is 0 Å². The molecule has 4 nitrogen and oxygen atoms in total. The summed E-state index contributed by atoms with van der Waals surface area (Å²) in [7, 11) is 0. The molecule has 66 valence electrons. The van der Waals surface area contributed by atoms with Crippen LogP contribution in [0.5, 0.6) is 0 Å². The Morgan fingerprint density at radius 3 is 3.00 bits per heavy atom. The Morgan fingerprint density at radius 2 is 2.23 bits per heavy atom. The molecule has 0 atom stereocenters. The lowest BCUT2D eigenvalue weighted by Crippen LogP contribution is -2.24. The van der Waals surface area contributed by atoms with E-state index in [2.05, 4.69) is 5.16 Å². The average molecular weight is 176 g/mol. The molecule has 0 spiro atoms. The fourth-order valence-electron chi connectivity index (χ4n) is 1.20. The first-order valence-corrected chi connectivity index (χ1v) is 3.80. The van der Waals surface area contributed by atoms with Crippen LogP contribution in [0.15, 0.2) is 28.8 Å². The third-order valence-electron chi connectivity index (χ3n) is 1.76. The van der Waals surface area contributed by atoms with E-state index in [1.807, 2.05) is 6.07 Å². The second-order valence-electron chi connectivity index (χ2n) is 2.67. The average Bonchev–Trinajstić information content (AvgIpc) is 2.48. The van der Waals surface area contributed by atoms with E-state index in [4.69, 9.17) is 4.52 Å². The molecule has 0 aliphatic heterocycles. The molecule has 0 unspecified atom stereocenters. The van der Waals surface area contributed by atoms with Gasteiger partial charge in [0.1, 0.15) is 11.3 Å². The molecule has 1 heterocycles. The normalized spacial score (nSPS) is 10.5. The number of carbonyl (C=O) groups is 1. The standard InChI is InChI=1S/C9H7NO3/c11-9(12)5-8-6-3-1-2-4-7(6)10-13-8/h1-4H,5H2,(H,11,12)/p-1. The predicted molar refractivity (Wildman–Crippen MR) is 42.7 cm³/mol. The fraction of sp³-hybridized carbons (Fsp3) is 0.111. The molecule has 0 aliphatic rings. The van der Waals surface area contributed by atoms with Crippen LogP contribution < -0.4 is 5.11 Å². The van der Waals surface area contributed by atoms with Gasteiger partial charge < -0.3 is 14.4 Å². The number of hydrogen-bond acceptors (Lipinski definition) is 4. The first-order valence-electron chi connectivity index (χ1n) is 3.80. The molecule has 2 rings (SSSR count). The van der Waals surface area contributed by atoms with Crippen molar-refractivity contribution < 1.29 is 14.4 Å². The van der Waals surface area contributed by atoms with Gasteiger partial charge in [-0.05, 0) is 12.1 Å². The van der Waals surface area contributed by atoms with Crippen LogP contribution in [0.2, 0.25) is 0 Å². The summed E-state index contributed by atoms with van der Waals surface area (Å²) < 4.78 is 4.86. The van der Waals surface area contributed by atoms with Gasteiger partial charge in [0.2, 0.25) is 0 Å². The number of rotatable bonds is 2. The smallest absolute Gasteiger partial charge is 0.150 e. The summed E-state index contributed by atoms with van der Waals surface area (Å²) in [5.41, 5.74) is 0.666. The van der Waals surface area contributed by atoms with Crippen LogP contribution in [0.1, 0.15) is 5.76 Å². The van der Waals surface area contributed by atoms with Crippen molar-refractivity contribution >= 4 is 16.9 Å². The number of nitrogens with zero attached hydrogens (tertiary/aromatic N) is 1. The number of hydrogen-bond donors (Lipinski definition) is 0. The summed E-state index contributed by atoms with van der Waals surface area (Å²) in [6.07, 6.45) is -0.236. The van der Waals surface area contributed by atoms with Gasteiger partial charge in [0, 0.05) is 17.8 Å². The highest BCUT2D eigenvalue weighted by Gasteiger charge is 2.06. The lowest BCUT2D eigenvalue weighted by molar-refractivity contribution is -0.305. The first-order chi connectivity index (χ1) is 6.27. The second-order valence-corrected chi connectivity index (χ2v) is 2.67. The van der Waals surface area contributed by atoms with Gasteiger partial charge in [-0.3, -0.25) is 0 Å². The van der Waals surface area contributed by atoms with Crippen molar-refractivity contribution in [2.45, 2.75) is 6.42 Å². The van der Waals surface area contributed by atoms with E-state index in [0.717, 1.165) is 5.39 Å². The Morgan fingerprint density at radius 1 is 1.46 bits per heavy atom. The maximum absolute atomic E-state index is 10.3. The minimum absolute atomic E-state index is 0.236. The number of carboxylic acid groups (broad SMARTS) is 1. The van der Waals surface area contributed by atoms with Crippen molar-refractivity contribution in [3.8, 4) is 0 Å². The molecular formula is C9H6NO3-. The maximum atomic E-state index is 10.3. The van der Waals surface area contributed by atoms with Gasteiger partial charge in [-0.15, -0.1) is 0 Å². The van der Waals surface area contributed by atoms with Gasteiger partial charge in [-0.2, -0.15) is 0 Å². The van der Waals surface area contributed by atoms with Crippen molar-refractivity contribution in [3.05, 3.63) is 30.0 Å². The first kappa shape index (κ1) is 7.79. The molecule has 0 saturated heterocycles. The highest BCUT2D eigenvalue weighted by molar-refractivity contribution is 5.83. The van der Waals surface area contributed by atoms with Crippen molar-refractivity contribution in [2.75, 3.05) is 0 Å². The van der Waals surface area contributed by atoms with Gasteiger partial charge >= 0.3 is 0 Å². The van der Waals surface area contributed by atoms with Crippen LogP contribution in [-0.4, -0.2) is 11.1 Å². The molecule has 13 heavy (non-hydrogen) atoms. The molecule has 0 saturated carbocycles. The zero-order chi connectivity index (χ0) is 9.26. The quantitative estimate of drug-likeness (QED) is 0.651. The Hall–Kier alpha value is -1.84. The van der Waals surface area contributed by atoms with Crippen molar-refractivity contribution in [2.24, 2.45) is 0 Å². The molecule has 1 aromatic heterocycles. The van der Waals surface area contributed by atoms with Gasteiger partial charge in [0.05, 0.1) is 0 Å². The van der Waals surface area contributed by atoms with Crippen LogP contribution in [0.25, 0.3) is 10.9 Å². The monoisotopic (exact) mass is 176 g/mol. The van der Waals surface area contributed by atoms with E-state index in [-0.39, 0.29) is 6.42 Å². The molecule has 1 aromatic carbocycles. The molecule has 2 aromatic rings. The molecule has 0 aliphatic carbocycles. The zero-order valence-electron chi connectivity index (χ0n) is 6.69. The third kappa shape index (κ3) is 1.38. The van der Waals surface area contributed by atoms with Crippen molar-refractivity contribution in [1.82, 2.24) is 5.16 Å². The van der Waals surface area contributed by atoms with E-state index in [9.17, 15) is 9.90 Å². The molecule has 0 radical (unpaired) electrons. The van der Waals surface area contributed by atoms with E-state index in [1.54, 1.807) is 18.2 Å². The van der Waals surface area contributed by atoms with Crippen LogP contribution in [-0.2, 0) is 11.2 Å². The predicted octanol–water partition coefficient (Wildman–Crippen LogP) is 0.120. The number of fused-ring (bicyclic) bond motifs is 1. The van der Waals surface area contributed by atoms with Crippen LogP contribution in [0, 0.1) is 0 Å². The SMILES string of the molecule is O=C([O-])Cc1onc2ccccc12. The Kier molecular flexibility index (Phi) is 1.73. The zero-order valence-corrected chi connectivity index (χ0v) is 6.69. The summed E-state index contributed by atoms with van der Waals surface area (Å²) in [5, 5.41) is 14.7. The summed E-state index contributed by atoms with van der Waals surface area (Å²) >= 11 is 0. The van der Waals surface area contributed by atoms with E-state index in [0.29, 0.717) is 11.3 Å². The number of aromatic nitrogens is 1. The van der Waals surface area contributed by atoms with Crippen LogP contribution >= 0.6 is 0 Å². The van der Waals surface area contributed by atoms with Gasteiger partial charge in [0.15, 0.2) is 0 Å². The molecule has 0 bridgehead atoms. The Labute approximate surface area is 73.8 Å². The van der Waals surface area contributed by atoms with Gasteiger partial charge in [-0.1, -0.05) is 17.3 Å².